The van der Waals surface area contributed by atoms with Crippen LogP contribution in [0.25, 0.3) is 0 Å². The van der Waals surface area contributed by atoms with Gasteiger partial charge in [-0.2, -0.15) is 0 Å². The lowest BCUT2D eigenvalue weighted by molar-refractivity contribution is -0.386. The summed E-state index contributed by atoms with van der Waals surface area (Å²) in [6.45, 7) is 0.890. The Balaban J connectivity index is 0. The Morgan fingerprint density at radius 3 is 1.80 bits per heavy atom. The quantitative estimate of drug-likeness (QED) is 0.526. The van der Waals surface area contributed by atoms with E-state index in [-0.39, 0.29) is 34.0 Å². The number of hydrogen-bond donors (Lipinski definition) is 1. The van der Waals surface area contributed by atoms with Crippen LogP contribution >= 0.6 is 0 Å². The summed E-state index contributed by atoms with van der Waals surface area (Å²) in [5, 5.41) is 0. The predicted molar refractivity (Wildman–Crippen MR) is 33.0 cm³/mol. The van der Waals surface area contributed by atoms with E-state index in [0.29, 0.717) is 0 Å². The molecule has 0 saturated heterocycles. The van der Waals surface area contributed by atoms with Gasteiger partial charge in [0.05, 0.1) is 6.54 Å². The SMILES string of the molecule is [Br-].[Br-].[NH3+]Cc1ccccc1. The Hall–Kier alpha value is 0.140. The van der Waals surface area contributed by atoms with Crippen LogP contribution in [-0.4, -0.2) is 0 Å². The van der Waals surface area contributed by atoms with E-state index in [1.165, 1.54) is 5.56 Å². The lowest BCUT2D eigenvalue weighted by Crippen LogP contribution is -3.00. The summed E-state index contributed by atoms with van der Waals surface area (Å²) in [6, 6.07) is 10.2. The average Bonchev–Trinajstić information content (AvgIpc) is 1.90. The molecule has 0 atom stereocenters. The van der Waals surface area contributed by atoms with Gasteiger partial charge in [-0.15, -0.1) is 0 Å². The van der Waals surface area contributed by atoms with Crippen LogP contribution in [-0.2, 0) is 6.54 Å². The number of quaternary nitrogens is 1. The van der Waals surface area contributed by atoms with Crippen molar-refractivity contribution in [3.8, 4) is 0 Å². The van der Waals surface area contributed by atoms with Crippen LogP contribution in [0.4, 0.5) is 0 Å². The Morgan fingerprint density at radius 1 is 1.00 bits per heavy atom. The molecule has 10 heavy (non-hydrogen) atoms. The van der Waals surface area contributed by atoms with E-state index >= 15 is 0 Å². The molecule has 1 rings (SSSR count). The van der Waals surface area contributed by atoms with E-state index in [1.54, 1.807) is 0 Å². The zero-order chi connectivity index (χ0) is 5.82. The highest BCUT2D eigenvalue weighted by Gasteiger charge is 1.82. The third-order valence-corrected chi connectivity index (χ3v) is 1.13. The van der Waals surface area contributed by atoms with Gasteiger partial charge in [0, 0.05) is 5.56 Å². The van der Waals surface area contributed by atoms with Gasteiger partial charge in [0.1, 0.15) is 0 Å². The van der Waals surface area contributed by atoms with Gasteiger partial charge in [0.15, 0.2) is 0 Å². The lowest BCUT2D eigenvalue weighted by atomic mass is 10.2. The summed E-state index contributed by atoms with van der Waals surface area (Å²) < 4.78 is 0. The van der Waals surface area contributed by atoms with E-state index < -0.39 is 0 Å². The smallest absolute Gasteiger partial charge is 0.0997 e. The Morgan fingerprint density at radius 2 is 1.50 bits per heavy atom. The molecular formula is C7H10Br2N-. The molecule has 1 aromatic carbocycles. The van der Waals surface area contributed by atoms with Gasteiger partial charge in [-0.05, 0) is 0 Å². The van der Waals surface area contributed by atoms with Crippen molar-refractivity contribution in [2.45, 2.75) is 6.54 Å². The van der Waals surface area contributed by atoms with Crippen molar-refractivity contribution < 1.29 is 39.7 Å². The number of halogens is 2. The highest BCUT2D eigenvalue weighted by molar-refractivity contribution is 5.12. The fourth-order valence-electron chi connectivity index (χ4n) is 0.645. The first-order chi connectivity index (χ1) is 3.93. The van der Waals surface area contributed by atoms with Crippen LogP contribution in [0.15, 0.2) is 30.3 Å². The van der Waals surface area contributed by atoms with Crippen molar-refractivity contribution in [2.75, 3.05) is 0 Å². The largest absolute Gasteiger partial charge is 1.00 e. The molecule has 0 aliphatic rings. The van der Waals surface area contributed by atoms with E-state index in [9.17, 15) is 0 Å². The zero-order valence-corrected chi connectivity index (χ0v) is 8.73. The van der Waals surface area contributed by atoms with Crippen molar-refractivity contribution in [1.82, 2.24) is 0 Å². The second-order valence-corrected chi connectivity index (χ2v) is 1.74. The molecule has 0 aliphatic heterocycles. The minimum Gasteiger partial charge on any atom is -1.00 e. The molecule has 0 aromatic heterocycles. The lowest BCUT2D eigenvalue weighted by Gasteiger charge is -1.87. The Kier molecular flexibility index (Phi) is 9.27. The molecule has 0 heterocycles. The van der Waals surface area contributed by atoms with Gasteiger partial charge < -0.3 is 39.7 Å². The summed E-state index contributed by atoms with van der Waals surface area (Å²) in [5.41, 5.74) is 5.05. The number of rotatable bonds is 1. The molecule has 0 radical (unpaired) electrons. The minimum absolute atomic E-state index is 0. The fraction of sp³-hybridized carbons (Fsp3) is 0.143. The van der Waals surface area contributed by atoms with Gasteiger partial charge in [0.2, 0.25) is 0 Å². The number of hydrogen-bond acceptors (Lipinski definition) is 0. The highest BCUT2D eigenvalue weighted by Crippen LogP contribution is 1.93. The van der Waals surface area contributed by atoms with Crippen LogP contribution in [0.1, 0.15) is 5.56 Å². The molecular weight excluding hydrogens is 258 g/mol. The second-order valence-electron chi connectivity index (χ2n) is 1.74. The van der Waals surface area contributed by atoms with Gasteiger partial charge in [0.25, 0.3) is 0 Å². The van der Waals surface area contributed by atoms with Gasteiger partial charge in [-0.1, -0.05) is 30.3 Å². The summed E-state index contributed by atoms with van der Waals surface area (Å²) in [5.74, 6) is 0. The molecule has 0 unspecified atom stereocenters. The van der Waals surface area contributed by atoms with Gasteiger partial charge in [-0.3, -0.25) is 0 Å². The standard InChI is InChI=1S/C7H9N.2BrH/c8-6-7-4-2-1-3-5-7;;/h1-5H,6,8H2;2*1H/p-1. The summed E-state index contributed by atoms with van der Waals surface area (Å²) in [6.07, 6.45) is 0. The van der Waals surface area contributed by atoms with Crippen molar-refractivity contribution in [2.24, 2.45) is 0 Å². The second kappa shape index (κ2) is 7.25. The Bertz CT molecular complexity index is 153. The van der Waals surface area contributed by atoms with Gasteiger partial charge in [-0.25, -0.2) is 0 Å². The molecule has 0 aliphatic carbocycles. The van der Waals surface area contributed by atoms with Crippen molar-refractivity contribution in [1.29, 1.82) is 0 Å². The van der Waals surface area contributed by atoms with Crippen LogP contribution in [0.3, 0.4) is 0 Å². The maximum absolute atomic E-state index is 3.76. The molecule has 3 heteroatoms. The average molecular weight is 268 g/mol. The highest BCUT2D eigenvalue weighted by atomic mass is 79.9. The van der Waals surface area contributed by atoms with Crippen LogP contribution < -0.4 is 39.7 Å². The molecule has 1 nitrogen and oxygen atoms in total. The normalized spacial score (nSPS) is 7.30. The first-order valence-electron chi connectivity index (χ1n) is 2.76. The van der Waals surface area contributed by atoms with Crippen LogP contribution in [0.2, 0.25) is 0 Å². The zero-order valence-electron chi connectivity index (χ0n) is 5.56. The predicted octanol–water partition coefficient (Wildman–Crippen LogP) is -5.56. The molecule has 0 spiro atoms. The maximum Gasteiger partial charge on any atom is 0.0997 e. The maximum atomic E-state index is 3.76. The molecule has 1 aromatic rings. The summed E-state index contributed by atoms with van der Waals surface area (Å²) >= 11 is 0. The van der Waals surface area contributed by atoms with E-state index in [1.807, 2.05) is 18.2 Å². The molecule has 58 valence electrons. The van der Waals surface area contributed by atoms with Crippen molar-refractivity contribution >= 4 is 0 Å². The third-order valence-electron chi connectivity index (χ3n) is 1.13. The topological polar surface area (TPSA) is 27.6 Å². The first-order valence-corrected chi connectivity index (χ1v) is 2.76. The van der Waals surface area contributed by atoms with E-state index in [4.69, 9.17) is 0 Å². The molecule has 0 amide bonds. The van der Waals surface area contributed by atoms with E-state index in [0.717, 1.165) is 6.54 Å². The molecule has 0 saturated carbocycles. The van der Waals surface area contributed by atoms with Crippen molar-refractivity contribution in [3.63, 3.8) is 0 Å². The van der Waals surface area contributed by atoms with Gasteiger partial charge >= 0.3 is 0 Å². The van der Waals surface area contributed by atoms with Crippen LogP contribution in [0, 0.1) is 0 Å². The molecule has 0 fully saturated rings. The first kappa shape index (κ1) is 12.8. The number of benzene rings is 1. The van der Waals surface area contributed by atoms with E-state index in [2.05, 4.69) is 17.9 Å². The fourth-order valence-corrected chi connectivity index (χ4v) is 0.645. The van der Waals surface area contributed by atoms with Crippen LogP contribution in [0.5, 0.6) is 0 Å². The summed E-state index contributed by atoms with van der Waals surface area (Å²) in [7, 11) is 0. The monoisotopic (exact) mass is 266 g/mol. The third kappa shape index (κ3) is 4.04. The Labute approximate surface area is 82.2 Å². The summed E-state index contributed by atoms with van der Waals surface area (Å²) in [4.78, 5) is 0. The molecule has 3 N–H and O–H groups in total. The molecule has 0 bridgehead atoms. The van der Waals surface area contributed by atoms with Crippen molar-refractivity contribution in [3.05, 3.63) is 35.9 Å². The minimum atomic E-state index is 0.